The zero-order valence-corrected chi connectivity index (χ0v) is 15.7. The van der Waals surface area contributed by atoms with Gasteiger partial charge in [0, 0.05) is 29.4 Å². The first kappa shape index (κ1) is 17.3. The Kier molecular flexibility index (Phi) is 4.33. The highest BCUT2D eigenvalue weighted by Gasteiger charge is 2.13. The van der Waals surface area contributed by atoms with Gasteiger partial charge in [-0.1, -0.05) is 36.4 Å². The number of pyridine rings is 2. The molecule has 1 N–H and O–H groups in total. The first-order valence-electron chi connectivity index (χ1n) is 9.49. The lowest BCUT2D eigenvalue weighted by Crippen LogP contribution is -2.20. The minimum Gasteiger partial charge on any atom is -0.488 e. The molecule has 5 nitrogen and oxygen atoms in total. The van der Waals surface area contributed by atoms with Crippen molar-refractivity contribution in [2.75, 3.05) is 0 Å². The quantitative estimate of drug-likeness (QED) is 0.487. The standard InChI is InChI=1S/C24H19N3O2/c28-24-23-19(11-14-27(24)15-17-9-12-25-13-10-17)22-20(26-23)7-4-8-21(22)29-16-18-5-2-1-3-6-18/h1-14,26H,15-16H2. The van der Waals surface area contributed by atoms with Crippen LogP contribution in [0.5, 0.6) is 5.75 Å². The number of nitrogens with one attached hydrogen (secondary N) is 1. The molecule has 2 aromatic carbocycles. The van der Waals surface area contributed by atoms with E-state index in [2.05, 4.69) is 9.97 Å². The molecule has 0 radical (unpaired) electrons. The molecule has 5 aromatic rings. The monoisotopic (exact) mass is 381 g/mol. The second-order valence-corrected chi connectivity index (χ2v) is 6.97. The van der Waals surface area contributed by atoms with Crippen LogP contribution in [0.4, 0.5) is 0 Å². The normalized spacial score (nSPS) is 11.2. The van der Waals surface area contributed by atoms with E-state index in [1.807, 2.05) is 72.9 Å². The van der Waals surface area contributed by atoms with Crippen molar-refractivity contribution in [3.05, 3.63) is 107 Å². The van der Waals surface area contributed by atoms with Crippen LogP contribution in [0.2, 0.25) is 0 Å². The average Bonchev–Trinajstić information content (AvgIpc) is 3.16. The van der Waals surface area contributed by atoms with Crippen LogP contribution in [0.25, 0.3) is 21.8 Å². The molecule has 0 aliphatic rings. The summed E-state index contributed by atoms with van der Waals surface area (Å²) in [6, 6.07) is 21.7. The number of hydrogen-bond acceptors (Lipinski definition) is 3. The number of aromatic amines is 1. The second kappa shape index (κ2) is 7.28. The average molecular weight is 381 g/mol. The molecule has 142 valence electrons. The Labute approximate surface area is 167 Å². The van der Waals surface area contributed by atoms with Gasteiger partial charge >= 0.3 is 0 Å². The maximum atomic E-state index is 13.1. The predicted molar refractivity (Wildman–Crippen MR) is 114 cm³/mol. The van der Waals surface area contributed by atoms with Gasteiger partial charge in [-0.05, 0) is 41.5 Å². The van der Waals surface area contributed by atoms with Gasteiger partial charge in [0.25, 0.3) is 5.56 Å². The highest BCUT2D eigenvalue weighted by molar-refractivity contribution is 6.10. The lowest BCUT2D eigenvalue weighted by molar-refractivity contribution is 0.310. The third-order valence-electron chi connectivity index (χ3n) is 5.06. The molecule has 0 saturated heterocycles. The van der Waals surface area contributed by atoms with Crippen molar-refractivity contribution in [3.63, 3.8) is 0 Å². The minimum atomic E-state index is -0.0514. The molecule has 0 bridgehead atoms. The summed E-state index contributed by atoms with van der Waals surface area (Å²) in [5.74, 6) is 0.767. The molecule has 0 unspecified atom stereocenters. The highest BCUT2D eigenvalue weighted by atomic mass is 16.5. The van der Waals surface area contributed by atoms with Crippen LogP contribution in [-0.4, -0.2) is 14.5 Å². The fourth-order valence-corrected chi connectivity index (χ4v) is 3.62. The fraction of sp³-hybridized carbons (Fsp3) is 0.0833. The van der Waals surface area contributed by atoms with Gasteiger partial charge in [0.1, 0.15) is 17.9 Å². The van der Waals surface area contributed by atoms with Crippen LogP contribution in [-0.2, 0) is 13.2 Å². The summed E-state index contributed by atoms with van der Waals surface area (Å²) in [6.45, 7) is 0.982. The Morgan fingerprint density at radius 3 is 2.55 bits per heavy atom. The first-order valence-corrected chi connectivity index (χ1v) is 9.49. The maximum Gasteiger partial charge on any atom is 0.275 e. The van der Waals surface area contributed by atoms with Crippen molar-refractivity contribution in [1.82, 2.24) is 14.5 Å². The second-order valence-electron chi connectivity index (χ2n) is 6.97. The Morgan fingerprint density at radius 2 is 1.72 bits per heavy atom. The number of aromatic nitrogens is 3. The van der Waals surface area contributed by atoms with E-state index in [0.29, 0.717) is 18.7 Å². The van der Waals surface area contributed by atoms with E-state index in [1.54, 1.807) is 17.0 Å². The number of hydrogen-bond donors (Lipinski definition) is 1. The van der Waals surface area contributed by atoms with E-state index in [1.165, 1.54) is 0 Å². The lowest BCUT2D eigenvalue weighted by Gasteiger charge is -2.08. The molecule has 3 aromatic heterocycles. The third kappa shape index (κ3) is 3.27. The number of ether oxygens (including phenoxy) is 1. The van der Waals surface area contributed by atoms with Crippen LogP contribution < -0.4 is 10.3 Å². The van der Waals surface area contributed by atoms with Crippen molar-refractivity contribution in [2.45, 2.75) is 13.2 Å². The van der Waals surface area contributed by atoms with Crippen molar-refractivity contribution in [2.24, 2.45) is 0 Å². The van der Waals surface area contributed by atoms with E-state index in [0.717, 1.165) is 33.2 Å². The van der Waals surface area contributed by atoms with E-state index in [9.17, 15) is 4.79 Å². The largest absolute Gasteiger partial charge is 0.488 e. The highest BCUT2D eigenvalue weighted by Crippen LogP contribution is 2.32. The van der Waals surface area contributed by atoms with Gasteiger partial charge in [0.15, 0.2) is 0 Å². The molecule has 0 fully saturated rings. The number of rotatable bonds is 5. The molecule has 0 amide bonds. The molecule has 3 heterocycles. The SMILES string of the molecule is O=c1c2[nH]c3cccc(OCc4ccccc4)c3c2ccn1Cc1ccncc1. The summed E-state index contributed by atoms with van der Waals surface area (Å²) in [4.78, 5) is 20.4. The fourth-order valence-electron chi connectivity index (χ4n) is 3.62. The first-order chi connectivity index (χ1) is 14.3. The summed E-state index contributed by atoms with van der Waals surface area (Å²) < 4.78 is 7.81. The van der Waals surface area contributed by atoms with Gasteiger partial charge in [-0.25, -0.2) is 0 Å². The molecule has 0 spiro atoms. The number of benzene rings is 2. The molecular weight excluding hydrogens is 362 g/mol. The molecule has 0 atom stereocenters. The van der Waals surface area contributed by atoms with Crippen LogP contribution in [0.1, 0.15) is 11.1 Å². The van der Waals surface area contributed by atoms with E-state index in [-0.39, 0.29) is 5.56 Å². The van der Waals surface area contributed by atoms with E-state index in [4.69, 9.17) is 4.74 Å². The molecule has 0 saturated carbocycles. The van der Waals surface area contributed by atoms with Gasteiger partial charge in [-0.15, -0.1) is 0 Å². The molecule has 29 heavy (non-hydrogen) atoms. The summed E-state index contributed by atoms with van der Waals surface area (Å²) >= 11 is 0. The molecule has 5 rings (SSSR count). The van der Waals surface area contributed by atoms with Crippen molar-refractivity contribution >= 4 is 21.8 Å². The number of fused-ring (bicyclic) bond motifs is 3. The van der Waals surface area contributed by atoms with Gasteiger partial charge in [-0.2, -0.15) is 0 Å². The topological polar surface area (TPSA) is 59.9 Å². The lowest BCUT2D eigenvalue weighted by atomic mass is 10.1. The van der Waals surface area contributed by atoms with Crippen molar-refractivity contribution in [3.8, 4) is 5.75 Å². The van der Waals surface area contributed by atoms with Crippen LogP contribution in [0, 0.1) is 0 Å². The predicted octanol–water partition coefficient (Wildman–Crippen LogP) is 4.51. The van der Waals surface area contributed by atoms with Gasteiger partial charge in [0.05, 0.1) is 12.1 Å². The number of nitrogens with zero attached hydrogens (tertiary/aromatic N) is 2. The summed E-state index contributed by atoms with van der Waals surface area (Å²) in [5, 5.41) is 1.81. The van der Waals surface area contributed by atoms with E-state index < -0.39 is 0 Å². The zero-order chi connectivity index (χ0) is 19.6. The third-order valence-corrected chi connectivity index (χ3v) is 5.06. The summed E-state index contributed by atoms with van der Waals surface area (Å²) in [7, 11) is 0. The summed E-state index contributed by atoms with van der Waals surface area (Å²) in [6.07, 6.45) is 5.31. The Hall–Kier alpha value is -3.86. The van der Waals surface area contributed by atoms with Gasteiger partial charge < -0.3 is 14.3 Å². The molecular formula is C24H19N3O2. The number of H-pyrrole nitrogens is 1. The van der Waals surface area contributed by atoms with Crippen LogP contribution in [0.3, 0.4) is 0 Å². The smallest absolute Gasteiger partial charge is 0.275 e. The molecule has 0 aliphatic carbocycles. The minimum absolute atomic E-state index is 0.0514. The zero-order valence-electron chi connectivity index (χ0n) is 15.7. The van der Waals surface area contributed by atoms with Gasteiger partial charge in [-0.3, -0.25) is 9.78 Å². The molecule has 0 aliphatic heterocycles. The Morgan fingerprint density at radius 1 is 0.897 bits per heavy atom. The van der Waals surface area contributed by atoms with Crippen LogP contribution in [0.15, 0.2) is 90.1 Å². The van der Waals surface area contributed by atoms with Crippen molar-refractivity contribution < 1.29 is 4.74 Å². The van der Waals surface area contributed by atoms with E-state index >= 15 is 0 Å². The van der Waals surface area contributed by atoms with Gasteiger partial charge in [0.2, 0.25) is 0 Å². The Bertz CT molecular complexity index is 1340. The summed E-state index contributed by atoms with van der Waals surface area (Å²) in [5.41, 5.74) is 3.56. The molecule has 5 heteroatoms. The van der Waals surface area contributed by atoms with Crippen LogP contribution >= 0.6 is 0 Å². The Balaban J connectivity index is 1.55. The van der Waals surface area contributed by atoms with Crippen molar-refractivity contribution in [1.29, 1.82) is 0 Å². The maximum absolute atomic E-state index is 13.1.